The first-order valence-electron chi connectivity index (χ1n) is 8.38. The molecule has 124 valence electrons. The highest BCUT2D eigenvalue weighted by Gasteiger charge is 2.25. The normalized spacial score (nSPS) is 17.0. The van der Waals surface area contributed by atoms with Gasteiger partial charge in [-0.1, -0.05) is 24.3 Å². The number of aliphatic hydroxyl groups is 1. The van der Waals surface area contributed by atoms with Gasteiger partial charge < -0.3 is 15.7 Å². The van der Waals surface area contributed by atoms with Gasteiger partial charge >= 0.3 is 0 Å². The second-order valence-corrected chi connectivity index (χ2v) is 6.18. The predicted molar refractivity (Wildman–Crippen MR) is 93.3 cm³/mol. The molecule has 3 N–H and O–H groups in total. The van der Waals surface area contributed by atoms with Gasteiger partial charge in [0.2, 0.25) is 5.95 Å². The molecule has 6 heteroatoms. The largest absolute Gasteiger partial charge is 0.387 e. The minimum Gasteiger partial charge on any atom is -0.387 e. The highest BCUT2D eigenvalue weighted by atomic mass is 16.3. The summed E-state index contributed by atoms with van der Waals surface area (Å²) in [6.07, 6.45) is 1.42. The molecule has 3 aromatic rings. The van der Waals surface area contributed by atoms with Gasteiger partial charge in [-0.25, -0.2) is 4.52 Å². The van der Waals surface area contributed by atoms with Crippen LogP contribution in [0.15, 0.2) is 48.5 Å². The Morgan fingerprint density at radius 2 is 1.88 bits per heavy atom. The molecule has 0 radical (unpaired) electrons. The Hall–Kier alpha value is -2.44. The van der Waals surface area contributed by atoms with Crippen LogP contribution in [0.2, 0.25) is 0 Å². The Balaban J connectivity index is 1.64. The summed E-state index contributed by atoms with van der Waals surface area (Å²) in [6, 6.07) is 15.6. The van der Waals surface area contributed by atoms with Crippen LogP contribution in [-0.2, 0) is 0 Å². The second-order valence-electron chi connectivity index (χ2n) is 6.18. The SMILES string of the molecule is OC(c1cccc2nc(Nc3ccccc3)nn12)C1CCNCC1. The first kappa shape index (κ1) is 15.1. The maximum atomic E-state index is 10.8. The molecule has 0 saturated carbocycles. The fourth-order valence-corrected chi connectivity index (χ4v) is 3.25. The zero-order chi connectivity index (χ0) is 16.4. The van der Waals surface area contributed by atoms with E-state index in [4.69, 9.17) is 0 Å². The fourth-order valence-electron chi connectivity index (χ4n) is 3.25. The molecule has 6 nitrogen and oxygen atoms in total. The number of hydrogen-bond acceptors (Lipinski definition) is 5. The molecule has 1 aliphatic rings. The van der Waals surface area contributed by atoms with E-state index in [-0.39, 0.29) is 5.92 Å². The first-order valence-corrected chi connectivity index (χ1v) is 8.38. The minimum absolute atomic E-state index is 0.256. The van der Waals surface area contributed by atoms with Gasteiger partial charge in [-0.3, -0.25) is 0 Å². The Bertz CT molecular complexity index is 811. The summed E-state index contributed by atoms with van der Waals surface area (Å²) in [7, 11) is 0. The molecule has 1 aromatic carbocycles. The van der Waals surface area contributed by atoms with E-state index in [1.54, 1.807) is 4.52 Å². The van der Waals surface area contributed by atoms with E-state index in [0.29, 0.717) is 5.95 Å². The van der Waals surface area contributed by atoms with Crippen molar-refractivity contribution in [1.82, 2.24) is 19.9 Å². The summed E-state index contributed by atoms with van der Waals surface area (Å²) in [4.78, 5) is 4.51. The Morgan fingerprint density at radius 1 is 1.08 bits per heavy atom. The fraction of sp³-hybridized carbons (Fsp3) is 0.333. The maximum Gasteiger partial charge on any atom is 0.247 e. The van der Waals surface area contributed by atoms with Crippen molar-refractivity contribution in [2.24, 2.45) is 5.92 Å². The number of anilines is 2. The lowest BCUT2D eigenvalue weighted by Crippen LogP contribution is -2.31. The van der Waals surface area contributed by atoms with E-state index >= 15 is 0 Å². The van der Waals surface area contributed by atoms with Crippen LogP contribution in [0.4, 0.5) is 11.6 Å². The number of nitrogens with one attached hydrogen (secondary N) is 2. The third kappa shape index (κ3) is 2.98. The van der Waals surface area contributed by atoms with Gasteiger partial charge in [-0.2, -0.15) is 4.98 Å². The molecule has 1 aliphatic heterocycles. The van der Waals surface area contributed by atoms with Gasteiger partial charge in [-0.15, -0.1) is 5.10 Å². The Labute approximate surface area is 140 Å². The summed E-state index contributed by atoms with van der Waals surface area (Å²) in [6.45, 7) is 1.91. The molecule has 1 unspecified atom stereocenters. The number of rotatable bonds is 4. The van der Waals surface area contributed by atoms with Crippen molar-refractivity contribution in [3.8, 4) is 0 Å². The topological polar surface area (TPSA) is 74.5 Å². The number of hydrogen-bond donors (Lipinski definition) is 3. The van der Waals surface area contributed by atoms with E-state index < -0.39 is 6.10 Å². The molecule has 0 spiro atoms. The second kappa shape index (κ2) is 6.59. The lowest BCUT2D eigenvalue weighted by molar-refractivity contribution is 0.0832. The number of fused-ring (bicyclic) bond motifs is 1. The van der Waals surface area contributed by atoms with Crippen LogP contribution in [-0.4, -0.2) is 32.8 Å². The molecule has 4 rings (SSSR count). The highest BCUT2D eigenvalue weighted by molar-refractivity contribution is 5.55. The molecule has 0 aliphatic carbocycles. The van der Waals surface area contributed by atoms with Gasteiger partial charge in [0.25, 0.3) is 0 Å². The smallest absolute Gasteiger partial charge is 0.247 e. The van der Waals surface area contributed by atoms with Crippen molar-refractivity contribution in [1.29, 1.82) is 0 Å². The molecule has 0 bridgehead atoms. The van der Waals surface area contributed by atoms with Gasteiger partial charge in [0.05, 0.1) is 11.8 Å². The molecule has 1 saturated heterocycles. The molecular weight excluding hydrogens is 302 g/mol. The predicted octanol–water partition coefficient (Wildman–Crippen LogP) is 2.51. The number of para-hydroxylation sites is 1. The first-order chi connectivity index (χ1) is 11.8. The molecule has 1 fully saturated rings. The van der Waals surface area contributed by atoms with Crippen molar-refractivity contribution in [2.75, 3.05) is 18.4 Å². The Morgan fingerprint density at radius 3 is 2.67 bits per heavy atom. The average molecular weight is 323 g/mol. The van der Waals surface area contributed by atoms with Gasteiger partial charge in [-0.05, 0) is 56.1 Å². The average Bonchev–Trinajstić information content (AvgIpc) is 3.05. The van der Waals surface area contributed by atoms with E-state index in [9.17, 15) is 5.11 Å². The zero-order valence-electron chi connectivity index (χ0n) is 13.4. The standard InChI is InChI=1S/C18H21N5O/c24-17(13-9-11-19-12-10-13)15-7-4-8-16-21-18(22-23(15)16)20-14-5-2-1-3-6-14/h1-8,13,17,19,24H,9-12H2,(H,20,22). The van der Waals surface area contributed by atoms with Crippen LogP contribution >= 0.6 is 0 Å². The minimum atomic E-state index is -0.526. The molecular formula is C18H21N5O. The van der Waals surface area contributed by atoms with Crippen LogP contribution in [0.1, 0.15) is 24.6 Å². The summed E-state index contributed by atoms with van der Waals surface area (Å²) in [5.74, 6) is 0.790. The third-order valence-electron chi connectivity index (χ3n) is 4.55. The van der Waals surface area contributed by atoms with E-state index in [1.807, 2.05) is 48.5 Å². The molecule has 2 aromatic heterocycles. The monoisotopic (exact) mass is 323 g/mol. The Kier molecular flexibility index (Phi) is 4.15. The lowest BCUT2D eigenvalue weighted by Gasteiger charge is -2.27. The number of pyridine rings is 1. The summed E-state index contributed by atoms with van der Waals surface area (Å²) in [5.41, 5.74) is 2.47. The van der Waals surface area contributed by atoms with Crippen molar-refractivity contribution >= 4 is 17.3 Å². The van der Waals surface area contributed by atoms with Gasteiger partial charge in [0, 0.05) is 5.69 Å². The zero-order valence-corrected chi connectivity index (χ0v) is 13.4. The van der Waals surface area contributed by atoms with E-state index in [0.717, 1.165) is 43.0 Å². The van der Waals surface area contributed by atoms with Crippen LogP contribution in [0.3, 0.4) is 0 Å². The van der Waals surface area contributed by atoms with Crippen LogP contribution < -0.4 is 10.6 Å². The number of aromatic nitrogens is 3. The van der Waals surface area contributed by atoms with Crippen LogP contribution in [0.25, 0.3) is 5.65 Å². The van der Waals surface area contributed by atoms with Gasteiger partial charge in [0.15, 0.2) is 5.65 Å². The quantitative estimate of drug-likeness (QED) is 0.688. The van der Waals surface area contributed by atoms with E-state index in [1.165, 1.54) is 0 Å². The third-order valence-corrected chi connectivity index (χ3v) is 4.55. The number of nitrogens with zero attached hydrogens (tertiary/aromatic N) is 3. The van der Waals surface area contributed by atoms with Gasteiger partial charge in [0.1, 0.15) is 0 Å². The maximum absolute atomic E-state index is 10.8. The molecule has 1 atom stereocenters. The van der Waals surface area contributed by atoms with Crippen molar-refractivity contribution in [3.63, 3.8) is 0 Å². The molecule has 24 heavy (non-hydrogen) atoms. The lowest BCUT2D eigenvalue weighted by atomic mass is 9.90. The number of aliphatic hydroxyl groups excluding tert-OH is 1. The molecule has 0 amide bonds. The number of benzene rings is 1. The summed E-state index contributed by atoms with van der Waals surface area (Å²) in [5, 5.41) is 21.9. The summed E-state index contributed by atoms with van der Waals surface area (Å²) >= 11 is 0. The van der Waals surface area contributed by atoms with Crippen molar-refractivity contribution in [3.05, 3.63) is 54.2 Å². The van der Waals surface area contributed by atoms with Crippen molar-refractivity contribution in [2.45, 2.75) is 18.9 Å². The molecule has 3 heterocycles. The number of piperidine rings is 1. The highest BCUT2D eigenvalue weighted by Crippen LogP contribution is 2.29. The van der Waals surface area contributed by atoms with Crippen LogP contribution in [0.5, 0.6) is 0 Å². The summed E-state index contributed by atoms with van der Waals surface area (Å²) < 4.78 is 1.75. The van der Waals surface area contributed by atoms with Crippen molar-refractivity contribution < 1.29 is 5.11 Å². The van der Waals surface area contributed by atoms with Crippen LogP contribution in [0, 0.1) is 5.92 Å². The van der Waals surface area contributed by atoms with E-state index in [2.05, 4.69) is 20.7 Å².